The zero-order valence-electron chi connectivity index (χ0n) is 13.6. The van der Waals surface area contributed by atoms with Crippen LogP contribution in [0.5, 0.6) is 0 Å². The van der Waals surface area contributed by atoms with Crippen molar-refractivity contribution in [2.45, 2.75) is 18.4 Å². The standard InChI is InChI=1S/C20H18FNO3/c21-15-6-7-18-16(12-15)19(23)17(13-25-18)22-10-8-20(24,9-11-22)14-4-2-1-3-5-14/h1-7,12-13,24H,8-11H2. The van der Waals surface area contributed by atoms with E-state index in [-0.39, 0.29) is 10.8 Å². The first-order chi connectivity index (χ1) is 12.1. The number of hydrogen-bond acceptors (Lipinski definition) is 4. The molecule has 1 fully saturated rings. The number of hydrogen-bond donors (Lipinski definition) is 1. The minimum absolute atomic E-state index is 0.237. The Hall–Kier alpha value is -2.66. The Morgan fingerprint density at radius 1 is 1.08 bits per heavy atom. The minimum atomic E-state index is -0.888. The fourth-order valence-electron chi connectivity index (χ4n) is 3.47. The van der Waals surface area contributed by atoms with Crippen molar-refractivity contribution < 1.29 is 13.9 Å². The average Bonchev–Trinajstić information content (AvgIpc) is 2.64. The van der Waals surface area contributed by atoms with Crippen LogP contribution in [0.4, 0.5) is 10.1 Å². The summed E-state index contributed by atoms with van der Waals surface area (Å²) in [6.45, 7) is 1.05. The molecule has 128 valence electrons. The number of piperidine rings is 1. The zero-order valence-corrected chi connectivity index (χ0v) is 13.6. The van der Waals surface area contributed by atoms with Gasteiger partial charge in [0.1, 0.15) is 23.4 Å². The smallest absolute Gasteiger partial charge is 0.216 e. The fraction of sp³-hybridized carbons (Fsp3) is 0.250. The normalized spacial score (nSPS) is 17.0. The molecule has 0 bridgehead atoms. The van der Waals surface area contributed by atoms with E-state index in [1.54, 1.807) is 0 Å². The Bertz CT molecular complexity index is 960. The molecule has 1 aliphatic heterocycles. The van der Waals surface area contributed by atoms with Crippen LogP contribution in [0.2, 0.25) is 0 Å². The van der Waals surface area contributed by atoms with Crippen molar-refractivity contribution in [1.29, 1.82) is 0 Å². The van der Waals surface area contributed by atoms with Crippen molar-refractivity contribution in [1.82, 2.24) is 0 Å². The van der Waals surface area contributed by atoms with Crippen molar-refractivity contribution in [3.8, 4) is 0 Å². The zero-order chi connectivity index (χ0) is 17.4. The number of nitrogens with zero attached hydrogens (tertiary/aromatic N) is 1. The Morgan fingerprint density at radius 2 is 1.80 bits per heavy atom. The quantitative estimate of drug-likeness (QED) is 0.777. The molecular weight excluding hydrogens is 321 g/mol. The number of aliphatic hydroxyl groups is 1. The molecular formula is C20H18FNO3. The first-order valence-electron chi connectivity index (χ1n) is 8.31. The molecule has 0 unspecified atom stereocenters. The van der Waals surface area contributed by atoms with Crippen LogP contribution in [0, 0.1) is 5.82 Å². The summed E-state index contributed by atoms with van der Waals surface area (Å²) in [7, 11) is 0. The van der Waals surface area contributed by atoms with Crippen LogP contribution in [0.25, 0.3) is 11.0 Å². The monoisotopic (exact) mass is 339 g/mol. The second-order valence-electron chi connectivity index (χ2n) is 6.48. The largest absolute Gasteiger partial charge is 0.462 e. The molecule has 0 atom stereocenters. The maximum absolute atomic E-state index is 13.5. The van der Waals surface area contributed by atoms with Crippen LogP contribution < -0.4 is 10.3 Å². The number of benzene rings is 2. The number of rotatable bonds is 2. The molecule has 0 aliphatic carbocycles. The van der Waals surface area contributed by atoms with Gasteiger partial charge in [-0.1, -0.05) is 30.3 Å². The summed E-state index contributed by atoms with van der Waals surface area (Å²) in [6.07, 6.45) is 2.45. The second kappa shape index (κ2) is 6.01. The predicted octanol–water partition coefficient (Wildman–Crippen LogP) is 3.42. The van der Waals surface area contributed by atoms with Crippen molar-refractivity contribution in [2.75, 3.05) is 18.0 Å². The molecule has 25 heavy (non-hydrogen) atoms. The average molecular weight is 339 g/mol. The van der Waals surface area contributed by atoms with E-state index in [9.17, 15) is 14.3 Å². The summed E-state index contributed by atoms with van der Waals surface area (Å²) in [5.74, 6) is -0.464. The molecule has 0 amide bonds. The van der Waals surface area contributed by atoms with Gasteiger partial charge in [0.25, 0.3) is 0 Å². The number of anilines is 1. The molecule has 3 aromatic rings. The van der Waals surface area contributed by atoms with Gasteiger partial charge in [0.05, 0.1) is 11.0 Å². The maximum atomic E-state index is 13.5. The highest BCUT2D eigenvalue weighted by molar-refractivity contribution is 5.79. The Kier molecular flexibility index (Phi) is 3.81. The summed E-state index contributed by atoms with van der Waals surface area (Å²) >= 11 is 0. The Morgan fingerprint density at radius 3 is 2.52 bits per heavy atom. The van der Waals surface area contributed by atoms with Gasteiger partial charge in [-0.05, 0) is 36.6 Å². The molecule has 5 heteroatoms. The highest BCUT2D eigenvalue weighted by Crippen LogP contribution is 2.34. The predicted molar refractivity (Wildman–Crippen MR) is 94.2 cm³/mol. The molecule has 2 heterocycles. The van der Waals surface area contributed by atoms with Gasteiger partial charge >= 0.3 is 0 Å². The summed E-state index contributed by atoms with van der Waals surface area (Å²) in [4.78, 5) is 14.6. The molecule has 0 saturated carbocycles. The summed E-state index contributed by atoms with van der Waals surface area (Å²) < 4.78 is 19.0. The van der Waals surface area contributed by atoms with Gasteiger partial charge in [0.2, 0.25) is 5.43 Å². The lowest BCUT2D eigenvalue weighted by molar-refractivity contribution is 0.0117. The van der Waals surface area contributed by atoms with E-state index in [0.29, 0.717) is 37.2 Å². The maximum Gasteiger partial charge on any atom is 0.216 e. The molecule has 2 aromatic carbocycles. The van der Waals surface area contributed by atoms with Gasteiger partial charge in [-0.25, -0.2) is 4.39 Å². The molecule has 1 aromatic heterocycles. The van der Waals surface area contributed by atoms with E-state index in [4.69, 9.17) is 4.42 Å². The Balaban J connectivity index is 1.62. The van der Waals surface area contributed by atoms with Crippen LogP contribution in [0.1, 0.15) is 18.4 Å². The van der Waals surface area contributed by atoms with E-state index in [1.807, 2.05) is 35.2 Å². The fourth-order valence-corrected chi connectivity index (χ4v) is 3.47. The number of fused-ring (bicyclic) bond motifs is 1. The molecule has 4 rings (SSSR count). The second-order valence-corrected chi connectivity index (χ2v) is 6.48. The molecule has 1 N–H and O–H groups in total. The van der Waals surface area contributed by atoms with E-state index in [0.717, 1.165) is 5.56 Å². The van der Waals surface area contributed by atoms with Gasteiger partial charge in [0.15, 0.2) is 0 Å². The lowest BCUT2D eigenvalue weighted by Crippen LogP contribution is -2.44. The highest BCUT2D eigenvalue weighted by atomic mass is 19.1. The Labute approximate surface area is 144 Å². The topological polar surface area (TPSA) is 53.7 Å². The minimum Gasteiger partial charge on any atom is -0.462 e. The van der Waals surface area contributed by atoms with E-state index < -0.39 is 11.4 Å². The van der Waals surface area contributed by atoms with Crippen molar-refractivity contribution >= 4 is 16.7 Å². The van der Waals surface area contributed by atoms with Gasteiger partial charge in [-0.2, -0.15) is 0 Å². The summed E-state index contributed by atoms with van der Waals surface area (Å²) in [5, 5.41) is 11.1. The van der Waals surface area contributed by atoms with E-state index >= 15 is 0 Å². The van der Waals surface area contributed by atoms with Crippen molar-refractivity contribution in [2.24, 2.45) is 0 Å². The molecule has 0 radical (unpaired) electrons. The third-order valence-corrected chi connectivity index (χ3v) is 4.96. The van der Waals surface area contributed by atoms with Crippen molar-refractivity contribution in [3.05, 3.63) is 76.4 Å². The molecule has 1 saturated heterocycles. The molecule has 1 aliphatic rings. The van der Waals surface area contributed by atoms with Gasteiger partial charge in [-0.15, -0.1) is 0 Å². The number of halogens is 1. The molecule has 4 nitrogen and oxygen atoms in total. The summed E-state index contributed by atoms with van der Waals surface area (Å²) in [6, 6.07) is 13.5. The van der Waals surface area contributed by atoms with Crippen LogP contribution in [0.15, 0.2) is 64.0 Å². The van der Waals surface area contributed by atoms with Crippen LogP contribution in [-0.4, -0.2) is 18.2 Å². The van der Waals surface area contributed by atoms with Gasteiger partial charge < -0.3 is 14.4 Å². The lowest BCUT2D eigenvalue weighted by Gasteiger charge is -2.39. The SMILES string of the molecule is O=c1c(N2CCC(O)(c3ccccc3)CC2)coc2ccc(F)cc12. The first-order valence-corrected chi connectivity index (χ1v) is 8.31. The first kappa shape index (κ1) is 15.8. The van der Waals surface area contributed by atoms with Gasteiger partial charge in [-0.3, -0.25) is 4.79 Å². The molecule has 0 spiro atoms. The van der Waals surface area contributed by atoms with E-state index in [2.05, 4.69) is 0 Å². The van der Waals surface area contributed by atoms with Crippen LogP contribution in [0.3, 0.4) is 0 Å². The van der Waals surface area contributed by atoms with Crippen LogP contribution in [-0.2, 0) is 5.60 Å². The third-order valence-electron chi connectivity index (χ3n) is 4.96. The third kappa shape index (κ3) is 2.81. The van der Waals surface area contributed by atoms with Gasteiger partial charge in [0, 0.05) is 13.1 Å². The highest BCUT2D eigenvalue weighted by Gasteiger charge is 2.34. The lowest BCUT2D eigenvalue weighted by atomic mass is 9.84. The van der Waals surface area contributed by atoms with E-state index in [1.165, 1.54) is 24.5 Å². The van der Waals surface area contributed by atoms with Crippen LogP contribution >= 0.6 is 0 Å². The summed E-state index contributed by atoms with van der Waals surface area (Å²) in [5.41, 5.74) is 0.537. The van der Waals surface area contributed by atoms with Crippen molar-refractivity contribution in [3.63, 3.8) is 0 Å².